The van der Waals surface area contributed by atoms with Gasteiger partial charge in [-0.2, -0.15) is 0 Å². The molecule has 1 atom stereocenters. The van der Waals surface area contributed by atoms with Crippen molar-refractivity contribution in [2.24, 2.45) is 5.92 Å². The highest BCUT2D eigenvalue weighted by molar-refractivity contribution is 6.35. The van der Waals surface area contributed by atoms with Gasteiger partial charge >= 0.3 is 0 Å². The first kappa shape index (κ1) is 14.4. The maximum atomic E-state index is 11.5. The number of aliphatic hydroxyl groups excluding tert-OH is 1. The molecule has 0 aliphatic heterocycles. The van der Waals surface area contributed by atoms with Crippen LogP contribution in [0.4, 0.5) is 0 Å². The lowest BCUT2D eigenvalue weighted by Gasteiger charge is -2.11. The van der Waals surface area contributed by atoms with Crippen molar-refractivity contribution in [3.05, 3.63) is 28.2 Å². The SMILES string of the molecule is O=C(COc1ccc(Cl)cc1Cl)NCC(O)C1CC1. The van der Waals surface area contributed by atoms with Gasteiger partial charge in [-0.05, 0) is 37.0 Å². The van der Waals surface area contributed by atoms with Crippen molar-refractivity contribution in [3.8, 4) is 5.75 Å². The third-order valence-electron chi connectivity index (χ3n) is 2.93. The Morgan fingerprint density at radius 3 is 2.84 bits per heavy atom. The number of nitrogens with one attached hydrogen (secondary N) is 1. The van der Waals surface area contributed by atoms with E-state index in [0.29, 0.717) is 21.7 Å². The van der Waals surface area contributed by atoms with E-state index in [1.807, 2.05) is 0 Å². The van der Waals surface area contributed by atoms with Crippen LogP contribution in [-0.2, 0) is 4.79 Å². The molecular weight excluding hydrogens is 289 g/mol. The molecule has 0 heterocycles. The summed E-state index contributed by atoms with van der Waals surface area (Å²) in [4.78, 5) is 11.5. The molecule has 1 aliphatic rings. The summed E-state index contributed by atoms with van der Waals surface area (Å²) in [5.41, 5.74) is 0. The van der Waals surface area contributed by atoms with Crippen molar-refractivity contribution >= 4 is 29.1 Å². The summed E-state index contributed by atoms with van der Waals surface area (Å²) in [6, 6.07) is 4.79. The molecule has 6 heteroatoms. The first-order valence-corrected chi connectivity index (χ1v) is 6.84. The number of carbonyl (C=O) groups is 1. The third kappa shape index (κ3) is 4.56. The molecule has 0 aromatic heterocycles. The Balaban J connectivity index is 1.73. The van der Waals surface area contributed by atoms with E-state index in [1.165, 1.54) is 0 Å². The molecule has 1 fully saturated rings. The van der Waals surface area contributed by atoms with Gasteiger partial charge < -0.3 is 15.2 Å². The summed E-state index contributed by atoms with van der Waals surface area (Å²) in [5.74, 6) is 0.460. The second-order valence-electron chi connectivity index (χ2n) is 4.57. The fourth-order valence-corrected chi connectivity index (χ4v) is 2.12. The maximum absolute atomic E-state index is 11.5. The van der Waals surface area contributed by atoms with Crippen LogP contribution in [0.2, 0.25) is 10.0 Å². The minimum Gasteiger partial charge on any atom is -0.482 e. The molecule has 0 saturated heterocycles. The minimum absolute atomic E-state index is 0.140. The van der Waals surface area contributed by atoms with Gasteiger partial charge in [-0.15, -0.1) is 0 Å². The van der Waals surface area contributed by atoms with Gasteiger partial charge in [0.25, 0.3) is 5.91 Å². The Kier molecular flexibility index (Phi) is 4.91. The summed E-state index contributed by atoms with van der Waals surface area (Å²) in [5, 5.41) is 13.1. The Morgan fingerprint density at radius 1 is 1.47 bits per heavy atom. The summed E-state index contributed by atoms with van der Waals surface area (Å²) in [6.07, 6.45) is 1.62. The van der Waals surface area contributed by atoms with Crippen LogP contribution in [0.15, 0.2) is 18.2 Å². The van der Waals surface area contributed by atoms with Crippen LogP contribution in [0.3, 0.4) is 0 Å². The molecule has 1 aromatic carbocycles. The molecule has 4 nitrogen and oxygen atoms in total. The van der Waals surface area contributed by atoms with Gasteiger partial charge in [0.1, 0.15) is 5.75 Å². The van der Waals surface area contributed by atoms with Crippen LogP contribution in [0, 0.1) is 5.92 Å². The molecule has 1 aromatic rings. The van der Waals surface area contributed by atoms with Gasteiger partial charge in [0, 0.05) is 11.6 Å². The molecule has 19 heavy (non-hydrogen) atoms. The summed E-state index contributed by atoms with van der Waals surface area (Å²) >= 11 is 11.7. The van der Waals surface area contributed by atoms with Gasteiger partial charge in [-0.25, -0.2) is 0 Å². The highest BCUT2D eigenvalue weighted by atomic mass is 35.5. The quantitative estimate of drug-likeness (QED) is 0.847. The molecule has 0 bridgehead atoms. The largest absolute Gasteiger partial charge is 0.482 e. The fraction of sp³-hybridized carbons (Fsp3) is 0.462. The topological polar surface area (TPSA) is 58.6 Å². The highest BCUT2D eigenvalue weighted by Crippen LogP contribution is 2.32. The number of hydrogen-bond acceptors (Lipinski definition) is 3. The summed E-state index contributed by atoms with van der Waals surface area (Å²) < 4.78 is 5.28. The monoisotopic (exact) mass is 303 g/mol. The standard InChI is InChI=1S/C13H15Cl2NO3/c14-9-3-4-12(10(15)5-9)19-7-13(18)16-6-11(17)8-1-2-8/h3-5,8,11,17H,1-2,6-7H2,(H,16,18). The van der Waals surface area contributed by atoms with Crippen molar-refractivity contribution in [2.45, 2.75) is 18.9 Å². The van der Waals surface area contributed by atoms with E-state index in [2.05, 4.69) is 5.32 Å². The summed E-state index contributed by atoms with van der Waals surface area (Å²) in [6.45, 7) is 0.125. The number of hydrogen-bond donors (Lipinski definition) is 2. The van der Waals surface area contributed by atoms with Crippen LogP contribution in [0.5, 0.6) is 5.75 Å². The average Bonchev–Trinajstić information content (AvgIpc) is 3.19. The highest BCUT2D eigenvalue weighted by Gasteiger charge is 2.29. The Hall–Kier alpha value is -0.970. The van der Waals surface area contributed by atoms with E-state index in [9.17, 15) is 9.90 Å². The molecule has 1 unspecified atom stereocenters. The molecule has 0 radical (unpaired) electrons. The molecule has 1 aliphatic carbocycles. The van der Waals surface area contributed by atoms with Gasteiger partial charge in [-0.1, -0.05) is 23.2 Å². The van der Waals surface area contributed by atoms with Crippen molar-refractivity contribution in [2.75, 3.05) is 13.2 Å². The van der Waals surface area contributed by atoms with Gasteiger partial charge in [0.05, 0.1) is 11.1 Å². The number of halogens is 2. The smallest absolute Gasteiger partial charge is 0.258 e. The number of ether oxygens (including phenoxy) is 1. The number of rotatable bonds is 6. The Morgan fingerprint density at radius 2 is 2.21 bits per heavy atom. The number of benzene rings is 1. The lowest BCUT2D eigenvalue weighted by Crippen LogP contribution is -2.36. The van der Waals surface area contributed by atoms with Crippen molar-refractivity contribution < 1.29 is 14.6 Å². The number of amides is 1. The minimum atomic E-state index is -0.455. The zero-order valence-electron chi connectivity index (χ0n) is 10.2. The Labute approximate surface area is 121 Å². The normalized spacial score (nSPS) is 15.9. The number of aliphatic hydroxyl groups is 1. The van der Waals surface area contributed by atoms with Crippen LogP contribution >= 0.6 is 23.2 Å². The molecule has 2 rings (SSSR count). The predicted octanol–water partition coefficient (Wildman–Crippen LogP) is 2.26. The zero-order valence-corrected chi connectivity index (χ0v) is 11.7. The van der Waals surface area contributed by atoms with Gasteiger partial charge in [0.2, 0.25) is 0 Å². The molecule has 104 valence electrons. The fourth-order valence-electron chi connectivity index (χ4n) is 1.65. The Bertz CT molecular complexity index is 463. The second kappa shape index (κ2) is 6.46. The van der Waals surface area contributed by atoms with Crippen LogP contribution in [-0.4, -0.2) is 30.3 Å². The third-order valence-corrected chi connectivity index (χ3v) is 3.46. The average molecular weight is 304 g/mol. The van der Waals surface area contributed by atoms with Crippen molar-refractivity contribution in [1.29, 1.82) is 0 Å². The molecule has 1 saturated carbocycles. The first-order valence-electron chi connectivity index (χ1n) is 6.09. The van der Waals surface area contributed by atoms with E-state index >= 15 is 0 Å². The van der Waals surface area contributed by atoms with Gasteiger partial charge in [-0.3, -0.25) is 4.79 Å². The van der Waals surface area contributed by atoms with Crippen LogP contribution in [0.1, 0.15) is 12.8 Å². The van der Waals surface area contributed by atoms with E-state index in [-0.39, 0.29) is 19.1 Å². The van der Waals surface area contributed by atoms with E-state index < -0.39 is 6.10 Å². The van der Waals surface area contributed by atoms with Crippen LogP contribution in [0.25, 0.3) is 0 Å². The summed E-state index contributed by atoms with van der Waals surface area (Å²) in [7, 11) is 0. The lowest BCUT2D eigenvalue weighted by atomic mass is 10.2. The van der Waals surface area contributed by atoms with E-state index in [0.717, 1.165) is 12.8 Å². The van der Waals surface area contributed by atoms with Crippen LogP contribution < -0.4 is 10.1 Å². The van der Waals surface area contributed by atoms with E-state index in [1.54, 1.807) is 18.2 Å². The van der Waals surface area contributed by atoms with E-state index in [4.69, 9.17) is 27.9 Å². The van der Waals surface area contributed by atoms with Crippen molar-refractivity contribution in [3.63, 3.8) is 0 Å². The maximum Gasteiger partial charge on any atom is 0.258 e. The zero-order chi connectivity index (χ0) is 13.8. The molecular formula is C13H15Cl2NO3. The van der Waals surface area contributed by atoms with Crippen molar-refractivity contribution in [1.82, 2.24) is 5.32 Å². The molecule has 0 spiro atoms. The predicted molar refractivity (Wildman–Crippen MR) is 73.7 cm³/mol. The number of carbonyl (C=O) groups excluding carboxylic acids is 1. The molecule has 2 N–H and O–H groups in total. The second-order valence-corrected chi connectivity index (χ2v) is 5.42. The van der Waals surface area contributed by atoms with Gasteiger partial charge in [0.15, 0.2) is 6.61 Å². The molecule has 1 amide bonds. The lowest BCUT2D eigenvalue weighted by molar-refractivity contribution is -0.123. The first-order chi connectivity index (χ1) is 9.06.